The van der Waals surface area contributed by atoms with Gasteiger partial charge in [-0.2, -0.15) is 0 Å². The number of amides is 4. The van der Waals surface area contributed by atoms with E-state index >= 15 is 0 Å². The minimum absolute atomic E-state index is 0.00837. The van der Waals surface area contributed by atoms with E-state index in [2.05, 4.69) is 26.4 Å². The molecule has 0 radical (unpaired) electrons. The molecule has 0 aliphatic carbocycles. The van der Waals surface area contributed by atoms with Gasteiger partial charge in [0.15, 0.2) is 5.69 Å². The minimum atomic E-state index is -1.08. The number of aromatic nitrogens is 1. The average molecular weight is 620 g/mol. The van der Waals surface area contributed by atoms with E-state index in [1.54, 1.807) is 6.92 Å². The highest BCUT2D eigenvalue weighted by Crippen LogP contribution is 2.21. The molecule has 1 fully saturated rings. The van der Waals surface area contributed by atoms with Crippen LogP contribution in [0.15, 0.2) is 53.1 Å². The molecule has 2 aromatic carbocycles. The van der Waals surface area contributed by atoms with E-state index in [9.17, 15) is 24.0 Å². The normalized spacial score (nSPS) is 16.7. The molecule has 12 heteroatoms. The Balaban J connectivity index is 1.56. The van der Waals surface area contributed by atoms with Gasteiger partial charge in [0, 0.05) is 24.9 Å². The van der Waals surface area contributed by atoms with Crippen molar-refractivity contribution in [1.82, 2.24) is 26.4 Å². The van der Waals surface area contributed by atoms with Crippen LogP contribution >= 0.6 is 0 Å². The Labute approximate surface area is 262 Å². The van der Waals surface area contributed by atoms with Crippen molar-refractivity contribution in [2.45, 2.75) is 71.0 Å². The molecule has 2 heterocycles. The van der Waals surface area contributed by atoms with Gasteiger partial charge in [-0.25, -0.2) is 4.79 Å². The third kappa shape index (κ3) is 8.90. The molecule has 4 rings (SSSR count). The third-order valence-corrected chi connectivity index (χ3v) is 7.85. The number of nitrogens with zero attached hydrogens (tertiary/aromatic N) is 1. The van der Waals surface area contributed by atoms with E-state index in [1.807, 2.05) is 56.3 Å². The van der Waals surface area contributed by atoms with Crippen molar-refractivity contribution in [3.05, 3.63) is 65.5 Å². The summed E-state index contributed by atoms with van der Waals surface area (Å²) in [5, 5.41) is 16.7. The van der Waals surface area contributed by atoms with Gasteiger partial charge >= 0.3 is 5.97 Å². The van der Waals surface area contributed by atoms with Crippen LogP contribution in [-0.4, -0.2) is 66.5 Å². The third-order valence-electron chi connectivity index (χ3n) is 7.85. The van der Waals surface area contributed by atoms with Gasteiger partial charge in [0.05, 0.1) is 7.11 Å². The Morgan fingerprint density at radius 3 is 2.40 bits per heavy atom. The standard InChI is InChI=1S/C33H41N5O7/c1-19(2)15-25(30(40)37-28(33(43)44-4)18-23-12-8-14-34-29(23)39)35-31(41)26(36-32(42)27-16-20(3)45-38-27)17-22-11-7-10-21-9-5-6-13-24(21)22/h5-7,9-11,13,16,19,23,25-26,28H,8,12,14-15,17-18H2,1-4H3,(H,34,39)(H,35,41)(H,36,42)(H,37,40)/t23-,25-,26+,28-/m0/s1. The van der Waals surface area contributed by atoms with Gasteiger partial charge in [-0.3, -0.25) is 19.2 Å². The predicted octanol–water partition coefficient (Wildman–Crippen LogP) is 2.58. The molecule has 12 nitrogen and oxygen atoms in total. The topological polar surface area (TPSA) is 169 Å². The summed E-state index contributed by atoms with van der Waals surface area (Å²) in [6.07, 6.45) is 1.81. The Bertz CT molecular complexity index is 1530. The van der Waals surface area contributed by atoms with Gasteiger partial charge in [-0.15, -0.1) is 0 Å². The van der Waals surface area contributed by atoms with E-state index in [0.29, 0.717) is 18.7 Å². The van der Waals surface area contributed by atoms with Crippen molar-refractivity contribution in [3.63, 3.8) is 0 Å². The van der Waals surface area contributed by atoms with Gasteiger partial charge in [-0.05, 0) is 54.9 Å². The lowest BCUT2D eigenvalue weighted by molar-refractivity contribution is -0.146. The summed E-state index contributed by atoms with van der Waals surface area (Å²) >= 11 is 0. The van der Waals surface area contributed by atoms with Gasteiger partial charge in [-0.1, -0.05) is 61.5 Å². The molecule has 1 saturated heterocycles. The van der Waals surface area contributed by atoms with E-state index < -0.39 is 47.7 Å². The highest BCUT2D eigenvalue weighted by Gasteiger charge is 2.34. The first-order valence-corrected chi connectivity index (χ1v) is 15.2. The van der Waals surface area contributed by atoms with Crippen LogP contribution in [0, 0.1) is 18.8 Å². The monoisotopic (exact) mass is 619 g/mol. The predicted molar refractivity (Wildman–Crippen MR) is 166 cm³/mol. The summed E-state index contributed by atoms with van der Waals surface area (Å²) in [7, 11) is 1.22. The number of carbonyl (C=O) groups excluding carboxylic acids is 5. The molecule has 240 valence electrons. The lowest BCUT2D eigenvalue weighted by Crippen LogP contribution is -2.57. The van der Waals surface area contributed by atoms with Crippen LogP contribution in [0.5, 0.6) is 0 Å². The molecule has 1 aliphatic rings. The van der Waals surface area contributed by atoms with Crippen molar-refractivity contribution in [3.8, 4) is 0 Å². The summed E-state index contributed by atoms with van der Waals surface area (Å²) in [5.74, 6) is -2.66. The second-order valence-corrected chi connectivity index (χ2v) is 11.8. The van der Waals surface area contributed by atoms with Crippen molar-refractivity contribution >= 4 is 40.4 Å². The van der Waals surface area contributed by atoms with Crippen LogP contribution in [0.4, 0.5) is 0 Å². The number of hydrogen-bond acceptors (Lipinski definition) is 8. The van der Waals surface area contributed by atoms with Crippen molar-refractivity contribution in [2.75, 3.05) is 13.7 Å². The zero-order valence-corrected chi connectivity index (χ0v) is 26.1. The summed E-state index contributed by atoms with van der Waals surface area (Å²) in [4.78, 5) is 65.7. The fraction of sp³-hybridized carbons (Fsp3) is 0.455. The Morgan fingerprint density at radius 1 is 1.00 bits per heavy atom. The summed E-state index contributed by atoms with van der Waals surface area (Å²) < 4.78 is 9.97. The lowest BCUT2D eigenvalue weighted by atomic mass is 9.91. The SMILES string of the molecule is COC(=O)[C@H](C[C@@H]1CCCNC1=O)NC(=O)[C@H](CC(C)C)NC(=O)[C@@H](Cc1cccc2ccccc12)NC(=O)c1cc(C)on1. The maximum atomic E-state index is 13.9. The largest absolute Gasteiger partial charge is 0.467 e. The smallest absolute Gasteiger partial charge is 0.328 e. The zero-order chi connectivity index (χ0) is 32.5. The molecule has 0 saturated carbocycles. The molecular formula is C33H41N5O7. The van der Waals surface area contributed by atoms with Gasteiger partial charge in [0.2, 0.25) is 17.7 Å². The summed E-state index contributed by atoms with van der Waals surface area (Å²) in [6, 6.07) is 11.7. The molecule has 4 N–H and O–H groups in total. The number of fused-ring (bicyclic) bond motifs is 1. The fourth-order valence-electron chi connectivity index (χ4n) is 5.55. The highest BCUT2D eigenvalue weighted by atomic mass is 16.5. The molecular weight excluding hydrogens is 578 g/mol. The van der Waals surface area contributed by atoms with E-state index in [4.69, 9.17) is 9.26 Å². The second-order valence-electron chi connectivity index (χ2n) is 11.8. The summed E-state index contributed by atoms with van der Waals surface area (Å²) in [6.45, 7) is 6.03. The summed E-state index contributed by atoms with van der Waals surface area (Å²) in [5.41, 5.74) is 0.846. The van der Waals surface area contributed by atoms with Gasteiger partial charge in [0.1, 0.15) is 23.9 Å². The van der Waals surface area contributed by atoms with Crippen LogP contribution in [0.1, 0.15) is 61.3 Å². The molecule has 3 aromatic rings. The molecule has 4 atom stereocenters. The van der Waals surface area contributed by atoms with Crippen LogP contribution < -0.4 is 21.3 Å². The van der Waals surface area contributed by atoms with Crippen LogP contribution in [0.2, 0.25) is 0 Å². The molecule has 0 unspecified atom stereocenters. The molecule has 0 spiro atoms. The first-order chi connectivity index (χ1) is 21.5. The second kappa shape index (κ2) is 15.3. The van der Waals surface area contributed by atoms with Crippen molar-refractivity contribution < 1.29 is 33.2 Å². The maximum absolute atomic E-state index is 13.9. The van der Waals surface area contributed by atoms with Crippen LogP contribution in [0.3, 0.4) is 0 Å². The van der Waals surface area contributed by atoms with Crippen molar-refractivity contribution in [1.29, 1.82) is 0 Å². The van der Waals surface area contributed by atoms with E-state index in [1.165, 1.54) is 13.2 Å². The number of benzene rings is 2. The number of methoxy groups -OCH3 is 1. The molecule has 0 bridgehead atoms. The number of piperidine rings is 1. The maximum Gasteiger partial charge on any atom is 0.328 e. The number of esters is 1. The van der Waals surface area contributed by atoms with Crippen LogP contribution in [-0.2, 0) is 30.3 Å². The Kier molecular flexibility index (Phi) is 11.3. The zero-order valence-electron chi connectivity index (χ0n) is 26.1. The minimum Gasteiger partial charge on any atom is -0.467 e. The highest BCUT2D eigenvalue weighted by molar-refractivity contribution is 5.98. The molecule has 1 aromatic heterocycles. The first-order valence-electron chi connectivity index (χ1n) is 15.2. The number of ether oxygens (including phenoxy) is 1. The quantitative estimate of drug-likeness (QED) is 0.212. The number of carbonyl (C=O) groups is 5. The van der Waals surface area contributed by atoms with E-state index in [0.717, 1.165) is 22.8 Å². The number of hydrogen-bond donors (Lipinski definition) is 4. The number of rotatable bonds is 13. The average Bonchev–Trinajstić information content (AvgIpc) is 3.46. The first kappa shape index (κ1) is 33.2. The van der Waals surface area contributed by atoms with E-state index in [-0.39, 0.29) is 36.8 Å². The van der Waals surface area contributed by atoms with Crippen molar-refractivity contribution in [2.24, 2.45) is 11.8 Å². The van der Waals surface area contributed by atoms with Crippen LogP contribution in [0.25, 0.3) is 10.8 Å². The Morgan fingerprint density at radius 2 is 1.71 bits per heavy atom. The van der Waals surface area contributed by atoms with Gasteiger partial charge < -0.3 is 30.5 Å². The molecule has 4 amide bonds. The molecule has 45 heavy (non-hydrogen) atoms. The Hall–Kier alpha value is -4.74. The number of aryl methyl sites for hydroxylation is 1. The van der Waals surface area contributed by atoms with Gasteiger partial charge in [0.25, 0.3) is 5.91 Å². The fourth-order valence-corrected chi connectivity index (χ4v) is 5.55. The molecule has 1 aliphatic heterocycles. The number of nitrogens with one attached hydrogen (secondary N) is 4. The lowest BCUT2D eigenvalue weighted by Gasteiger charge is -2.28.